The lowest BCUT2D eigenvalue weighted by Crippen LogP contribution is -2.58. The predicted molar refractivity (Wildman–Crippen MR) is 177 cm³/mol. The molecule has 5 aliphatic rings. The van der Waals surface area contributed by atoms with Crippen LogP contribution < -0.4 is 15.4 Å². The number of allylic oxidation sites excluding steroid dienone is 1. The summed E-state index contributed by atoms with van der Waals surface area (Å²) in [6.07, 6.45) is 4.83. The third kappa shape index (κ3) is 8.01. The molecule has 5 amide bonds. The SMILES string of the molecule is O=C(N[C@H]1CCCCC/C=C\[C@H]2C[C@@]2(C(=O)NS(=O)(=O)C2CC2)NC(=O)[C@@H]2C[C@@H](OC(=O)N3Cc4ccc(Cl)cc4C3)CN2C1=O)OCCF. The molecule has 2 aliphatic carbocycles. The summed E-state index contributed by atoms with van der Waals surface area (Å²) in [5, 5.41) is 5.14. The second kappa shape index (κ2) is 14.7. The zero-order valence-corrected chi connectivity index (χ0v) is 29.0. The number of amides is 5. The normalized spacial score (nSPS) is 28.9. The minimum atomic E-state index is -3.92. The zero-order valence-electron chi connectivity index (χ0n) is 27.4. The van der Waals surface area contributed by atoms with Crippen LogP contribution in [0, 0.1) is 5.92 Å². The van der Waals surface area contributed by atoms with Crippen LogP contribution in [0.5, 0.6) is 0 Å². The van der Waals surface area contributed by atoms with Crippen LogP contribution in [0.2, 0.25) is 5.02 Å². The van der Waals surface area contributed by atoms with Gasteiger partial charge in [-0.3, -0.25) is 24.0 Å². The molecule has 5 atom stereocenters. The largest absolute Gasteiger partial charge is 0.447 e. The maximum atomic E-state index is 14.1. The number of alkyl halides is 1. The molecule has 17 heteroatoms. The van der Waals surface area contributed by atoms with Gasteiger partial charge in [0.2, 0.25) is 21.8 Å². The first-order chi connectivity index (χ1) is 23.9. The number of hydrogen-bond donors (Lipinski definition) is 3. The number of fused-ring (bicyclic) bond motifs is 3. The lowest BCUT2D eigenvalue weighted by Gasteiger charge is -2.29. The number of hydrogen-bond acceptors (Lipinski definition) is 9. The lowest BCUT2D eigenvalue weighted by molar-refractivity contribution is -0.141. The Bertz CT molecular complexity index is 1670. The van der Waals surface area contributed by atoms with Crippen LogP contribution in [0.15, 0.2) is 30.4 Å². The molecule has 1 aromatic carbocycles. The topological polar surface area (TPSA) is 181 Å². The minimum Gasteiger partial charge on any atom is -0.447 e. The summed E-state index contributed by atoms with van der Waals surface area (Å²) in [6, 6.07) is 2.96. The van der Waals surface area contributed by atoms with Crippen LogP contribution in [0.1, 0.15) is 68.9 Å². The average Bonchev–Trinajstić information content (AvgIpc) is 3.96. The maximum Gasteiger partial charge on any atom is 0.410 e. The van der Waals surface area contributed by atoms with Crippen LogP contribution in [0.4, 0.5) is 14.0 Å². The van der Waals surface area contributed by atoms with E-state index in [4.69, 9.17) is 21.1 Å². The van der Waals surface area contributed by atoms with Crippen molar-refractivity contribution in [2.24, 2.45) is 5.92 Å². The van der Waals surface area contributed by atoms with E-state index >= 15 is 0 Å². The smallest absolute Gasteiger partial charge is 0.410 e. The highest BCUT2D eigenvalue weighted by Gasteiger charge is 2.62. The standard InChI is InChI=1S/C33H41ClFN5O9S/c34-23-9-8-20-17-39(18-21(20)14-23)32(45)49-24-15-27-28(41)37-33(30(43)38-50(46,47)25-10-11-25)16-22(33)6-4-2-1-3-5-7-26(29(42)40(27)19-24)36-31(44)48-13-12-35/h4,6,8-9,14,22,24-27H,1-3,5,7,10-13,15-19H2,(H,36,44)(H,37,41)(H,38,43)/b6-4-/t22-,24+,26-,27-,33+/m0/s1. The molecule has 6 rings (SSSR count). The van der Waals surface area contributed by atoms with Gasteiger partial charge in [0.05, 0.1) is 11.8 Å². The molecule has 0 aromatic heterocycles. The van der Waals surface area contributed by atoms with Crippen LogP contribution in [-0.2, 0) is 47.0 Å². The number of nitrogens with zero attached hydrogens (tertiary/aromatic N) is 2. The van der Waals surface area contributed by atoms with Gasteiger partial charge in [-0.25, -0.2) is 22.4 Å². The van der Waals surface area contributed by atoms with Crippen LogP contribution >= 0.6 is 11.6 Å². The Labute approximate surface area is 294 Å². The van der Waals surface area contributed by atoms with E-state index < -0.39 is 88.1 Å². The van der Waals surface area contributed by atoms with Crippen molar-refractivity contribution >= 4 is 51.5 Å². The highest BCUT2D eigenvalue weighted by atomic mass is 35.5. The lowest BCUT2D eigenvalue weighted by atomic mass is 10.1. The molecule has 50 heavy (non-hydrogen) atoms. The van der Waals surface area contributed by atoms with Crippen molar-refractivity contribution in [2.45, 2.75) is 99.9 Å². The van der Waals surface area contributed by atoms with E-state index in [1.165, 1.54) is 9.80 Å². The van der Waals surface area contributed by atoms with Gasteiger partial charge in [0, 0.05) is 30.5 Å². The number of nitrogens with one attached hydrogen (secondary N) is 3. The summed E-state index contributed by atoms with van der Waals surface area (Å²) < 4.78 is 50.9. The number of carbonyl (C=O) groups excluding carboxylic acids is 5. The van der Waals surface area contributed by atoms with E-state index in [-0.39, 0.29) is 38.9 Å². The van der Waals surface area contributed by atoms with Crippen molar-refractivity contribution < 1.29 is 46.3 Å². The Hall–Kier alpha value is -3.92. The third-order valence-corrected chi connectivity index (χ3v) is 11.9. The van der Waals surface area contributed by atoms with E-state index in [2.05, 4.69) is 15.4 Å². The van der Waals surface area contributed by atoms with E-state index in [0.29, 0.717) is 37.1 Å². The van der Waals surface area contributed by atoms with Crippen molar-refractivity contribution in [1.82, 2.24) is 25.2 Å². The van der Waals surface area contributed by atoms with Gasteiger partial charge in [-0.05, 0) is 61.8 Å². The molecular formula is C33H41ClFN5O9S. The second-order valence-corrected chi connectivity index (χ2v) is 15.9. The highest BCUT2D eigenvalue weighted by Crippen LogP contribution is 2.46. The first kappa shape index (κ1) is 35.9. The molecule has 0 bridgehead atoms. The van der Waals surface area contributed by atoms with Gasteiger partial charge >= 0.3 is 12.2 Å². The maximum absolute atomic E-state index is 14.1. The molecule has 3 N–H and O–H groups in total. The Morgan fingerprint density at radius 2 is 1.86 bits per heavy atom. The van der Waals surface area contributed by atoms with Crippen molar-refractivity contribution in [3.63, 3.8) is 0 Å². The summed E-state index contributed by atoms with van der Waals surface area (Å²) in [4.78, 5) is 70.2. The van der Waals surface area contributed by atoms with Crippen LogP contribution in [-0.4, -0.2) is 96.9 Å². The van der Waals surface area contributed by atoms with Gasteiger partial charge in [0.1, 0.15) is 37.0 Å². The molecule has 3 heterocycles. The van der Waals surface area contributed by atoms with Gasteiger partial charge in [-0.2, -0.15) is 0 Å². The van der Waals surface area contributed by atoms with Crippen molar-refractivity contribution in [3.05, 3.63) is 46.5 Å². The molecule has 1 saturated heterocycles. The zero-order chi connectivity index (χ0) is 35.6. The van der Waals surface area contributed by atoms with Crippen molar-refractivity contribution in [1.29, 1.82) is 0 Å². The molecule has 3 fully saturated rings. The summed E-state index contributed by atoms with van der Waals surface area (Å²) in [5.41, 5.74) is 0.223. The first-order valence-corrected chi connectivity index (χ1v) is 18.9. The Balaban J connectivity index is 1.24. The first-order valence-electron chi connectivity index (χ1n) is 17.0. The molecule has 1 aromatic rings. The van der Waals surface area contributed by atoms with E-state index in [0.717, 1.165) is 17.5 Å². The predicted octanol–water partition coefficient (Wildman–Crippen LogP) is 2.83. The minimum absolute atomic E-state index is 0.118. The van der Waals surface area contributed by atoms with Gasteiger partial charge in [0.25, 0.3) is 5.91 Å². The van der Waals surface area contributed by atoms with Gasteiger partial charge in [-0.15, -0.1) is 0 Å². The summed E-state index contributed by atoms with van der Waals surface area (Å²) in [6.45, 7) is -1.05. The van der Waals surface area contributed by atoms with E-state index in [9.17, 15) is 36.8 Å². The fourth-order valence-electron chi connectivity index (χ4n) is 6.87. The van der Waals surface area contributed by atoms with Crippen molar-refractivity contribution in [3.8, 4) is 0 Å². The fourth-order valence-corrected chi connectivity index (χ4v) is 8.43. The van der Waals surface area contributed by atoms with Crippen LogP contribution in [0.3, 0.4) is 0 Å². The quantitative estimate of drug-likeness (QED) is 0.355. The molecule has 0 spiro atoms. The molecule has 14 nitrogen and oxygen atoms in total. The van der Waals surface area contributed by atoms with E-state index in [1.54, 1.807) is 18.2 Å². The second-order valence-electron chi connectivity index (χ2n) is 13.6. The number of halogens is 2. The molecular weight excluding hydrogens is 697 g/mol. The highest BCUT2D eigenvalue weighted by molar-refractivity contribution is 7.91. The fraction of sp³-hybridized carbons (Fsp3) is 0.606. The van der Waals surface area contributed by atoms with Gasteiger partial charge in [-0.1, -0.05) is 42.7 Å². The number of ether oxygens (including phenoxy) is 2. The molecule has 3 aliphatic heterocycles. The number of alkyl carbamates (subject to hydrolysis) is 1. The number of rotatable bonds is 7. The Morgan fingerprint density at radius 1 is 1.08 bits per heavy atom. The van der Waals surface area contributed by atoms with Gasteiger partial charge < -0.3 is 25.0 Å². The van der Waals surface area contributed by atoms with E-state index in [1.807, 2.05) is 12.1 Å². The average molecular weight is 738 g/mol. The summed E-state index contributed by atoms with van der Waals surface area (Å²) in [7, 11) is -3.92. The summed E-state index contributed by atoms with van der Waals surface area (Å²) in [5.74, 6) is -2.70. The van der Waals surface area contributed by atoms with Crippen LogP contribution in [0.25, 0.3) is 0 Å². The Morgan fingerprint density at radius 3 is 2.62 bits per heavy atom. The number of benzene rings is 1. The monoisotopic (exact) mass is 737 g/mol. The molecule has 2 saturated carbocycles. The number of sulfonamides is 1. The third-order valence-electron chi connectivity index (χ3n) is 9.86. The molecule has 0 radical (unpaired) electrons. The molecule has 272 valence electrons. The summed E-state index contributed by atoms with van der Waals surface area (Å²) >= 11 is 6.12. The van der Waals surface area contributed by atoms with Gasteiger partial charge in [0.15, 0.2) is 0 Å². The molecule has 0 unspecified atom stereocenters. The Kier molecular flexibility index (Phi) is 10.6. The van der Waals surface area contributed by atoms with Crippen molar-refractivity contribution in [2.75, 3.05) is 19.8 Å². The number of carbonyl (C=O) groups is 5.